The van der Waals surface area contributed by atoms with Crippen molar-refractivity contribution in [2.45, 2.75) is 64.4 Å². The van der Waals surface area contributed by atoms with Crippen molar-refractivity contribution in [3.8, 4) is 0 Å². The summed E-state index contributed by atoms with van der Waals surface area (Å²) in [6, 6.07) is 0. The number of ether oxygens (including phenoxy) is 1. The quantitative estimate of drug-likeness (QED) is 0.686. The summed E-state index contributed by atoms with van der Waals surface area (Å²) in [4.78, 5) is 12.7. The Hall–Kier alpha value is -1.51. The van der Waals surface area contributed by atoms with E-state index in [1.807, 2.05) is 0 Å². The molecule has 3 rings (SSSR count). The number of hydrogen-bond acceptors (Lipinski definition) is 3. The summed E-state index contributed by atoms with van der Waals surface area (Å²) >= 11 is 0. The maximum absolute atomic E-state index is 12.7. The van der Waals surface area contributed by atoms with Gasteiger partial charge in [0.1, 0.15) is 5.76 Å². The van der Waals surface area contributed by atoms with Gasteiger partial charge in [0.15, 0.2) is 5.60 Å². The van der Waals surface area contributed by atoms with Crippen LogP contribution in [0.3, 0.4) is 0 Å². The molecule has 0 amide bonds. The lowest BCUT2D eigenvalue weighted by atomic mass is 9.81. The Labute approximate surface area is 139 Å². The minimum atomic E-state index is -0.786. The van der Waals surface area contributed by atoms with Crippen molar-refractivity contribution >= 4 is 5.97 Å². The van der Waals surface area contributed by atoms with Crippen LogP contribution < -0.4 is 0 Å². The number of rotatable bonds is 7. The van der Waals surface area contributed by atoms with E-state index in [-0.39, 0.29) is 17.6 Å². The molecule has 3 heteroatoms. The van der Waals surface area contributed by atoms with Gasteiger partial charge in [0.25, 0.3) is 0 Å². The Bertz CT molecular complexity index is 557. The Morgan fingerprint density at radius 2 is 2.00 bits per heavy atom. The van der Waals surface area contributed by atoms with E-state index in [1.165, 1.54) is 0 Å². The molecule has 0 aromatic rings. The summed E-state index contributed by atoms with van der Waals surface area (Å²) in [5, 5.41) is 11.0. The lowest BCUT2D eigenvalue weighted by molar-refractivity contribution is -0.149. The van der Waals surface area contributed by atoms with Gasteiger partial charge >= 0.3 is 5.97 Å². The number of aliphatic hydroxyl groups excluding tert-OH is 1. The molecule has 1 heterocycles. The van der Waals surface area contributed by atoms with Crippen LogP contribution in [0.15, 0.2) is 35.1 Å². The van der Waals surface area contributed by atoms with Gasteiger partial charge in [-0.25, -0.2) is 4.79 Å². The van der Waals surface area contributed by atoms with Crippen molar-refractivity contribution in [1.82, 2.24) is 0 Å². The summed E-state index contributed by atoms with van der Waals surface area (Å²) < 4.78 is 5.78. The van der Waals surface area contributed by atoms with Crippen molar-refractivity contribution in [2.24, 2.45) is 11.8 Å². The molecule has 1 fully saturated rings. The summed E-state index contributed by atoms with van der Waals surface area (Å²) in [6.45, 7) is 4.13. The number of allylic oxidation sites excluding steroid dienone is 4. The predicted octanol–water partition coefficient (Wildman–Crippen LogP) is 4.81. The molecule has 1 N–H and O–H groups in total. The van der Waals surface area contributed by atoms with Crippen LogP contribution in [0.4, 0.5) is 0 Å². The Balaban J connectivity index is 2.00. The van der Waals surface area contributed by atoms with E-state index < -0.39 is 5.60 Å². The van der Waals surface area contributed by atoms with Gasteiger partial charge in [0.2, 0.25) is 0 Å². The van der Waals surface area contributed by atoms with E-state index in [2.05, 4.69) is 38.5 Å². The smallest absolute Gasteiger partial charge is 0.339 e. The SMILES string of the molecule is CCCC1(CCC)OC(=O)C(C(C2=C[CH]CC=C2)C2CC2)=C1O. The molecule has 23 heavy (non-hydrogen) atoms. The number of esters is 1. The van der Waals surface area contributed by atoms with Crippen molar-refractivity contribution < 1.29 is 14.6 Å². The van der Waals surface area contributed by atoms with Gasteiger partial charge in [-0.15, -0.1) is 0 Å². The largest absolute Gasteiger partial charge is 0.507 e. The van der Waals surface area contributed by atoms with Gasteiger partial charge in [-0.05, 0) is 50.0 Å². The van der Waals surface area contributed by atoms with Crippen LogP contribution in [0.2, 0.25) is 0 Å². The van der Waals surface area contributed by atoms with Crippen molar-refractivity contribution in [3.05, 3.63) is 41.6 Å². The average molecular weight is 315 g/mol. The van der Waals surface area contributed by atoms with Crippen LogP contribution in [-0.4, -0.2) is 16.7 Å². The van der Waals surface area contributed by atoms with Crippen LogP contribution in [0, 0.1) is 18.3 Å². The molecule has 1 radical (unpaired) electrons. The van der Waals surface area contributed by atoms with Crippen molar-refractivity contribution in [1.29, 1.82) is 0 Å². The van der Waals surface area contributed by atoms with E-state index in [4.69, 9.17) is 4.74 Å². The first-order chi connectivity index (χ1) is 11.1. The Morgan fingerprint density at radius 1 is 1.30 bits per heavy atom. The van der Waals surface area contributed by atoms with Crippen molar-refractivity contribution in [3.63, 3.8) is 0 Å². The number of carbonyl (C=O) groups is 1. The van der Waals surface area contributed by atoms with E-state index >= 15 is 0 Å². The highest BCUT2D eigenvalue weighted by molar-refractivity contribution is 5.94. The van der Waals surface area contributed by atoms with Gasteiger partial charge in [-0.1, -0.05) is 44.9 Å². The molecule has 1 atom stereocenters. The fourth-order valence-electron chi connectivity index (χ4n) is 4.02. The third-order valence-electron chi connectivity index (χ3n) is 5.16. The number of aliphatic hydroxyl groups is 1. The zero-order chi connectivity index (χ0) is 16.4. The van der Waals surface area contributed by atoms with E-state index in [9.17, 15) is 9.90 Å². The topological polar surface area (TPSA) is 46.5 Å². The zero-order valence-corrected chi connectivity index (χ0v) is 14.2. The second-order valence-corrected chi connectivity index (χ2v) is 7.00. The fraction of sp³-hybridized carbons (Fsp3) is 0.600. The highest BCUT2D eigenvalue weighted by Crippen LogP contribution is 2.50. The molecule has 1 saturated carbocycles. The highest BCUT2D eigenvalue weighted by atomic mass is 16.6. The molecular weight excluding hydrogens is 288 g/mol. The predicted molar refractivity (Wildman–Crippen MR) is 90.6 cm³/mol. The monoisotopic (exact) mass is 315 g/mol. The summed E-state index contributed by atoms with van der Waals surface area (Å²) in [5.41, 5.74) is 0.882. The van der Waals surface area contributed by atoms with Crippen LogP contribution in [0.25, 0.3) is 0 Å². The molecule has 3 aliphatic rings. The van der Waals surface area contributed by atoms with Gasteiger partial charge in [0.05, 0.1) is 5.57 Å². The third-order valence-corrected chi connectivity index (χ3v) is 5.16. The molecule has 2 aliphatic carbocycles. The van der Waals surface area contributed by atoms with Gasteiger partial charge < -0.3 is 9.84 Å². The Kier molecular flexibility index (Phi) is 4.65. The first-order valence-corrected chi connectivity index (χ1v) is 8.99. The van der Waals surface area contributed by atoms with Gasteiger partial charge in [-0.2, -0.15) is 0 Å². The van der Waals surface area contributed by atoms with Gasteiger partial charge in [0, 0.05) is 5.92 Å². The van der Waals surface area contributed by atoms with E-state index in [0.29, 0.717) is 24.3 Å². The summed E-state index contributed by atoms with van der Waals surface area (Å²) in [5.74, 6) is 0.358. The molecule has 0 aromatic carbocycles. The van der Waals surface area contributed by atoms with Crippen molar-refractivity contribution in [2.75, 3.05) is 0 Å². The molecule has 125 valence electrons. The maximum atomic E-state index is 12.7. The number of carbonyl (C=O) groups excluding carboxylic acids is 1. The summed E-state index contributed by atoms with van der Waals surface area (Å²) in [6.07, 6.45) is 14.8. The highest BCUT2D eigenvalue weighted by Gasteiger charge is 2.51. The minimum Gasteiger partial charge on any atom is -0.507 e. The molecule has 1 aliphatic heterocycles. The van der Waals surface area contributed by atoms with Crippen LogP contribution in [0.1, 0.15) is 58.8 Å². The Morgan fingerprint density at radius 3 is 2.52 bits per heavy atom. The number of hydrogen-bond donors (Lipinski definition) is 1. The molecule has 0 bridgehead atoms. The first kappa shape index (κ1) is 16.4. The van der Waals surface area contributed by atoms with E-state index in [0.717, 1.165) is 37.7 Å². The second-order valence-electron chi connectivity index (χ2n) is 7.00. The lowest BCUT2D eigenvalue weighted by Crippen LogP contribution is -2.31. The van der Waals surface area contributed by atoms with E-state index in [1.54, 1.807) is 0 Å². The lowest BCUT2D eigenvalue weighted by Gasteiger charge is -2.27. The van der Waals surface area contributed by atoms with Crippen LogP contribution >= 0.6 is 0 Å². The van der Waals surface area contributed by atoms with Crippen LogP contribution in [-0.2, 0) is 9.53 Å². The molecule has 1 unspecified atom stereocenters. The molecule has 0 aromatic heterocycles. The fourth-order valence-corrected chi connectivity index (χ4v) is 4.02. The standard InChI is InChI=1S/C20H27O3/c1-3-12-20(13-4-2)18(21)17(19(22)23-20)16(15-10-11-15)14-8-6-5-7-9-14/h6-9,15-16,21H,3-5,10-13H2,1-2H3. The molecule has 3 nitrogen and oxygen atoms in total. The minimum absolute atomic E-state index is 0.00844. The zero-order valence-electron chi connectivity index (χ0n) is 14.2. The average Bonchev–Trinajstić information content (AvgIpc) is 3.34. The number of cyclic esters (lactones) is 1. The first-order valence-electron chi connectivity index (χ1n) is 8.99. The summed E-state index contributed by atoms with van der Waals surface area (Å²) in [7, 11) is 0. The van der Waals surface area contributed by atoms with Crippen LogP contribution in [0.5, 0.6) is 0 Å². The van der Waals surface area contributed by atoms with Gasteiger partial charge in [-0.3, -0.25) is 0 Å². The molecular formula is C20H27O3. The second kappa shape index (κ2) is 6.54. The molecule has 0 saturated heterocycles. The third kappa shape index (κ3) is 2.98. The molecule has 0 spiro atoms. The maximum Gasteiger partial charge on any atom is 0.339 e. The normalized spacial score (nSPS) is 24.6.